The number of methoxy groups -OCH3 is 1. The molecular weight excluding hydrogens is 490 g/mol. The average Bonchev–Trinajstić information content (AvgIpc) is 3.01. The number of carboxylic acid groups (broad SMARTS) is 1. The number of benzene rings is 2. The van der Waals surface area contributed by atoms with Gasteiger partial charge in [-0.05, 0) is 56.2 Å². The van der Waals surface area contributed by atoms with Crippen LogP contribution >= 0.6 is 0 Å². The van der Waals surface area contributed by atoms with Crippen molar-refractivity contribution in [1.82, 2.24) is 4.31 Å². The molecule has 0 spiro atoms. The molecule has 1 aliphatic heterocycles. The third-order valence-corrected chi connectivity index (χ3v) is 7.24. The van der Waals surface area contributed by atoms with E-state index in [0.29, 0.717) is 11.3 Å². The summed E-state index contributed by atoms with van der Waals surface area (Å²) in [6.07, 6.45) is 0. The second-order valence-corrected chi connectivity index (χ2v) is 11.0. The number of amides is 1. The standard InChI is InChI=1S/C24H29N3O8S/c1-24(2,3)35-23(31)20(22(29)30)21(25)16-7-9-17(10-8-16)26-14-19(28)27(36(26,32)33)13-15-5-11-18(34-4)12-6-15/h5-12,20-21H,13-14,25H2,1-4H3,(H,29,30). The zero-order valence-electron chi connectivity index (χ0n) is 20.4. The number of hydrogen-bond donors (Lipinski definition) is 2. The lowest BCUT2D eigenvalue weighted by Crippen LogP contribution is -2.39. The molecule has 1 fully saturated rings. The molecule has 3 rings (SSSR count). The Morgan fingerprint density at radius 3 is 2.17 bits per heavy atom. The first kappa shape index (κ1) is 27.0. The summed E-state index contributed by atoms with van der Waals surface area (Å²) in [4.78, 5) is 36.7. The molecule has 2 unspecified atom stereocenters. The van der Waals surface area contributed by atoms with Gasteiger partial charge in [0.15, 0.2) is 5.92 Å². The molecule has 194 valence electrons. The molecule has 1 heterocycles. The monoisotopic (exact) mass is 519 g/mol. The van der Waals surface area contributed by atoms with Crippen LogP contribution in [-0.4, -0.2) is 54.9 Å². The van der Waals surface area contributed by atoms with E-state index >= 15 is 0 Å². The number of carboxylic acids is 1. The largest absolute Gasteiger partial charge is 0.497 e. The molecule has 1 saturated heterocycles. The summed E-state index contributed by atoms with van der Waals surface area (Å²) in [6.45, 7) is 4.31. The lowest BCUT2D eigenvalue weighted by molar-refractivity contribution is -0.167. The minimum atomic E-state index is -4.15. The van der Waals surface area contributed by atoms with Gasteiger partial charge in [0, 0.05) is 0 Å². The number of hydrogen-bond acceptors (Lipinski definition) is 8. The first-order valence-electron chi connectivity index (χ1n) is 11.0. The third-order valence-electron chi connectivity index (χ3n) is 5.45. The Hall–Kier alpha value is -3.64. The van der Waals surface area contributed by atoms with E-state index in [9.17, 15) is 27.9 Å². The van der Waals surface area contributed by atoms with Crippen LogP contribution in [0.4, 0.5) is 5.69 Å². The van der Waals surface area contributed by atoms with Crippen molar-refractivity contribution in [2.24, 2.45) is 11.7 Å². The van der Waals surface area contributed by atoms with Gasteiger partial charge in [-0.2, -0.15) is 8.42 Å². The highest BCUT2D eigenvalue weighted by molar-refractivity contribution is 7.91. The molecule has 0 saturated carbocycles. The van der Waals surface area contributed by atoms with Crippen LogP contribution in [0.5, 0.6) is 5.75 Å². The van der Waals surface area contributed by atoms with Crippen LogP contribution in [0.3, 0.4) is 0 Å². The minimum Gasteiger partial charge on any atom is -0.497 e. The van der Waals surface area contributed by atoms with Gasteiger partial charge in [-0.3, -0.25) is 14.4 Å². The SMILES string of the molecule is COc1ccc(CN2C(=O)CN(c3ccc(C(N)C(C(=O)O)C(=O)OC(C)(C)C)cc3)S2(=O)=O)cc1. The fraction of sp³-hybridized carbons (Fsp3) is 0.375. The summed E-state index contributed by atoms with van der Waals surface area (Å²) in [5, 5.41) is 9.56. The number of nitrogens with two attached hydrogens (primary N) is 1. The van der Waals surface area contributed by atoms with Crippen LogP contribution in [0.25, 0.3) is 0 Å². The van der Waals surface area contributed by atoms with E-state index < -0.39 is 45.6 Å². The molecule has 1 amide bonds. The Labute approximate surface area is 209 Å². The Morgan fingerprint density at radius 1 is 1.08 bits per heavy atom. The molecule has 0 bridgehead atoms. The van der Waals surface area contributed by atoms with Gasteiger partial charge in [0.2, 0.25) is 0 Å². The molecule has 12 heteroatoms. The highest BCUT2D eigenvalue weighted by atomic mass is 32.2. The highest BCUT2D eigenvalue weighted by Gasteiger charge is 2.43. The van der Waals surface area contributed by atoms with Crippen molar-refractivity contribution < 1.29 is 37.4 Å². The van der Waals surface area contributed by atoms with E-state index in [4.69, 9.17) is 15.2 Å². The second kappa shape index (κ2) is 10.2. The maximum absolute atomic E-state index is 13.1. The molecule has 2 aromatic carbocycles. The predicted molar refractivity (Wildman–Crippen MR) is 130 cm³/mol. The Morgan fingerprint density at radius 2 is 1.67 bits per heavy atom. The van der Waals surface area contributed by atoms with Crippen molar-refractivity contribution in [3.05, 3.63) is 59.7 Å². The minimum absolute atomic E-state index is 0.138. The first-order chi connectivity index (χ1) is 16.7. The maximum atomic E-state index is 13.1. The summed E-state index contributed by atoms with van der Waals surface area (Å²) in [5.41, 5.74) is 6.27. The van der Waals surface area contributed by atoms with Crippen molar-refractivity contribution in [3.8, 4) is 5.75 Å². The molecule has 11 nitrogen and oxygen atoms in total. The Bertz CT molecular complexity index is 1240. The van der Waals surface area contributed by atoms with Crippen molar-refractivity contribution in [3.63, 3.8) is 0 Å². The summed E-state index contributed by atoms with van der Waals surface area (Å²) >= 11 is 0. The number of ether oxygens (including phenoxy) is 2. The van der Waals surface area contributed by atoms with Gasteiger partial charge < -0.3 is 20.3 Å². The first-order valence-corrected chi connectivity index (χ1v) is 12.4. The third kappa shape index (κ3) is 5.77. The van der Waals surface area contributed by atoms with Gasteiger partial charge in [-0.25, -0.2) is 8.61 Å². The van der Waals surface area contributed by atoms with Gasteiger partial charge in [0.1, 0.15) is 17.9 Å². The Kier molecular flexibility index (Phi) is 7.60. The van der Waals surface area contributed by atoms with Crippen LogP contribution in [0, 0.1) is 5.92 Å². The zero-order valence-corrected chi connectivity index (χ0v) is 21.2. The quantitative estimate of drug-likeness (QED) is 0.392. The van der Waals surface area contributed by atoms with Gasteiger partial charge in [0.05, 0.1) is 25.4 Å². The number of anilines is 1. The molecular formula is C24H29N3O8S. The fourth-order valence-electron chi connectivity index (χ4n) is 3.64. The van der Waals surface area contributed by atoms with Gasteiger partial charge >= 0.3 is 22.1 Å². The molecule has 0 aromatic heterocycles. The molecule has 0 aliphatic carbocycles. The van der Waals surface area contributed by atoms with Gasteiger partial charge in [-0.15, -0.1) is 0 Å². The molecule has 1 aliphatic rings. The smallest absolute Gasteiger partial charge is 0.329 e. The highest BCUT2D eigenvalue weighted by Crippen LogP contribution is 2.30. The summed E-state index contributed by atoms with van der Waals surface area (Å²) in [7, 11) is -2.64. The number of aliphatic carboxylic acids is 1. The molecule has 2 atom stereocenters. The van der Waals surface area contributed by atoms with E-state index in [-0.39, 0.29) is 24.3 Å². The van der Waals surface area contributed by atoms with Crippen molar-refractivity contribution in [2.75, 3.05) is 18.0 Å². The van der Waals surface area contributed by atoms with Gasteiger partial charge in [0.25, 0.3) is 5.91 Å². The van der Waals surface area contributed by atoms with E-state index in [0.717, 1.165) is 8.61 Å². The van der Waals surface area contributed by atoms with E-state index in [1.807, 2.05) is 0 Å². The topological polar surface area (TPSA) is 157 Å². The van der Waals surface area contributed by atoms with Crippen LogP contribution < -0.4 is 14.8 Å². The Balaban J connectivity index is 1.80. The number of esters is 1. The van der Waals surface area contributed by atoms with Crippen molar-refractivity contribution in [2.45, 2.75) is 39.0 Å². The predicted octanol–water partition coefficient (Wildman–Crippen LogP) is 1.83. The number of nitrogens with zero attached hydrogens (tertiary/aromatic N) is 2. The lowest BCUT2D eigenvalue weighted by atomic mass is 9.93. The van der Waals surface area contributed by atoms with Crippen LogP contribution in [-0.2, 0) is 35.9 Å². The summed E-state index contributed by atoms with van der Waals surface area (Å²) in [5.74, 6) is -4.07. The molecule has 0 radical (unpaired) electrons. The van der Waals surface area contributed by atoms with Crippen LogP contribution in [0.2, 0.25) is 0 Å². The molecule has 36 heavy (non-hydrogen) atoms. The number of carbonyl (C=O) groups excluding carboxylic acids is 2. The second-order valence-electron chi connectivity index (χ2n) is 9.23. The van der Waals surface area contributed by atoms with E-state index in [1.165, 1.54) is 31.4 Å². The van der Waals surface area contributed by atoms with E-state index in [2.05, 4.69) is 0 Å². The number of carbonyl (C=O) groups is 3. The van der Waals surface area contributed by atoms with Crippen LogP contribution in [0.1, 0.15) is 37.9 Å². The summed E-state index contributed by atoms with van der Waals surface area (Å²) < 4.78 is 38.2. The zero-order chi connectivity index (χ0) is 26.8. The van der Waals surface area contributed by atoms with Crippen LogP contribution in [0.15, 0.2) is 48.5 Å². The lowest BCUT2D eigenvalue weighted by Gasteiger charge is -2.25. The summed E-state index contributed by atoms with van der Waals surface area (Å²) in [6, 6.07) is 11.1. The maximum Gasteiger partial charge on any atom is 0.329 e. The number of rotatable bonds is 8. The normalized spacial score (nSPS) is 17.0. The molecule has 2 aromatic rings. The molecule has 3 N–H and O–H groups in total. The average molecular weight is 520 g/mol. The fourth-order valence-corrected chi connectivity index (χ4v) is 5.17. The van der Waals surface area contributed by atoms with Gasteiger partial charge in [-0.1, -0.05) is 24.3 Å². The van der Waals surface area contributed by atoms with Crippen molar-refractivity contribution >= 4 is 33.7 Å². The van der Waals surface area contributed by atoms with E-state index in [1.54, 1.807) is 45.0 Å². The van der Waals surface area contributed by atoms with Crippen molar-refractivity contribution in [1.29, 1.82) is 0 Å².